The van der Waals surface area contributed by atoms with Crippen LogP contribution in [0.2, 0.25) is 0 Å². The Morgan fingerprint density at radius 2 is 2.22 bits per heavy atom. The van der Waals surface area contributed by atoms with E-state index in [1.54, 1.807) is 24.6 Å². The number of hydrogen-bond acceptors (Lipinski definition) is 4. The molecule has 0 bridgehead atoms. The van der Waals surface area contributed by atoms with Gasteiger partial charge in [-0.2, -0.15) is 0 Å². The van der Waals surface area contributed by atoms with Crippen LogP contribution in [0.4, 0.5) is 5.82 Å². The summed E-state index contributed by atoms with van der Waals surface area (Å²) >= 11 is 0. The summed E-state index contributed by atoms with van der Waals surface area (Å²) in [6, 6.07) is 0. The molecule has 0 atom stereocenters. The molecular weight excluding hydrogens is 234 g/mol. The Labute approximate surface area is 106 Å². The lowest BCUT2D eigenvalue weighted by Gasteiger charge is -2.24. The van der Waals surface area contributed by atoms with Crippen LogP contribution in [0.5, 0.6) is 0 Å². The molecule has 0 radical (unpaired) electrons. The van der Waals surface area contributed by atoms with E-state index in [-0.39, 0.29) is 17.8 Å². The van der Waals surface area contributed by atoms with Gasteiger partial charge >= 0.3 is 5.97 Å². The topological polar surface area (TPSA) is 84.2 Å². The average Bonchev–Trinajstić information content (AvgIpc) is 2.22. The highest BCUT2D eigenvalue weighted by Gasteiger charge is 2.23. The molecule has 6 heteroatoms. The molecule has 1 heterocycles. The molecule has 0 aliphatic carbocycles. The Bertz CT molecular complexity index is 480. The summed E-state index contributed by atoms with van der Waals surface area (Å²) < 4.78 is 1.56. The van der Waals surface area contributed by atoms with E-state index >= 15 is 0 Å². The second-order valence-corrected chi connectivity index (χ2v) is 4.85. The lowest BCUT2D eigenvalue weighted by molar-refractivity contribution is -0.137. The number of nitrogens with zero attached hydrogens (tertiary/aromatic N) is 2. The lowest BCUT2D eigenvalue weighted by atomic mass is 10.0. The molecule has 0 aromatic carbocycles. The van der Waals surface area contributed by atoms with Crippen LogP contribution < -0.4 is 10.9 Å². The van der Waals surface area contributed by atoms with Crippen LogP contribution in [0.15, 0.2) is 17.2 Å². The molecule has 18 heavy (non-hydrogen) atoms. The Morgan fingerprint density at radius 3 is 2.78 bits per heavy atom. The van der Waals surface area contributed by atoms with Crippen molar-refractivity contribution < 1.29 is 9.90 Å². The first-order chi connectivity index (χ1) is 8.35. The maximum absolute atomic E-state index is 12.0. The monoisotopic (exact) mass is 253 g/mol. The summed E-state index contributed by atoms with van der Waals surface area (Å²) in [6.45, 7) is 6.04. The summed E-state index contributed by atoms with van der Waals surface area (Å²) in [7, 11) is 0. The maximum atomic E-state index is 12.0. The number of anilines is 1. The highest BCUT2D eigenvalue weighted by atomic mass is 16.4. The smallest absolute Gasteiger partial charge is 0.305 e. The van der Waals surface area contributed by atoms with E-state index in [0.29, 0.717) is 6.54 Å². The van der Waals surface area contributed by atoms with E-state index in [0.717, 1.165) is 6.42 Å². The van der Waals surface area contributed by atoms with Gasteiger partial charge < -0.3 is 15.0 Å². The molecule has 0 unspecified atom stereocenters. The Hall–Kier alpha value is -1.85. The highest BCUT2D eigenvalue weighted by Crippen LogP contribution is 2.13. The first-order valence-electron chi connectivity index (χ1n) is 5.91. The van der Waals surface area contributed by atoms with E-state index < -0.39 is 11.5 Å². The van der Waals surface area contributed by atoms with Crippen molar-refractivity contribution in [1.29, 1.82) is 0 Å². The van der Waals surface area contributed by atoms with Crippen molar-refractivity contribution in [2.75, 3.05) is 5.32 Å². The van der Waals surface area contributed by atoms with Crippen LogP contribution >= 0.6 is 0 Å². The summed E-state index contributed by atoms with van der Waals surface area (Å²) in [6.07, 6.45) is 3.93. The average molecular weight is 253 g/mol. The predicted octanol–water partition coefficient (Wildman–Crippen LogP) is 1.32. The Kier molecular flexibility index (Phi) is 4.47. The third kappa shape index (κ3) is 3.87. The van der Waals surface area contributed by atoms with E-state index in [2.05, 4.69) is 10.3 Å². The zero-order chi connectivity index (χ0) is 13.8. The van der Waals surface area contributed by atoms with Crippen LogP contribution in [0.1, 0.15) is 33.6 Å². The van der Waals surface area contributed by atoms with Gasteiger partial charge in [-0.05, 0) is 20.3 Å². The number of nitrogens with one attached hydrogen (secondary N) is 1. The van der Waals surface area contributed by atoms with Crippen molar-refractivity contribution >= 4 is 11.8 Å². The van der Waals surface area contributed by atoms with E-state index in [1.165, 1.54) is 6.20 Å². The van der Waals surface area contributed by atoms with Crippen molar-refractivity contribution in [3.63, 3.8) is 0 Å². The molecule has 0 spiro atoms. The maximum Gasteiger partial charge on any atom is 0.305 e. The summed E-state index contributed by atoms with van der Waals surface area (Å²) in [5.41, 5.74) is -0.943. The number of carboxylic acids is 1. The van der Waals surface area contributed by atoms with Crippen molar-refractivity contribution in [2.24, 2.45) is 0 Å². The van der Waals surface area contributed by atoms with Crippen molar-refractivity contribution in [2.45, 2.75) is 45.7 Å². The molecule has 6 nitrogen and oxygen atoms in total. The zero-order valence-electron chi connectivity index (χ0n) is 10.9. The van der Waals surface area contributed by atoms with Gasteiger partial charge in [-0.1, -0.05) is 6.92 Å². The molecule has 0 saturated carbocycles. The third-order valence-corrected chi connectivity index (χ3v) is 2.43. The van der Waals surface area contributed by atoms with Crippen LogP contribution in [-0.2, 0) is 11.3 Å². The van der Waals surface area contributed by atoms with Crippen LogP contribution in [-0.4, -0.2) is 26.2 Å². The molecular formula is C12H19N3O3. The number of aliphatic carboxylic acids is 1. The number of carboxylic acid groups (broad SMARTS) is 1. The Balaban J connectivity index is 2.94. The van der Waals surface area contributed by atoms with Gasteiger partial charge in [0.25, 0.3) is 5.56 Å². The predicted molar refractivity (Wildman–Crippen MR) is 68.7 cm³/mol. The van der Waals surface area contributed by atoms with Gasteiger partial charge in [0.1, 0.15) is 0 Å². The van der Waals surface area contributed by atoms with Crippen LogP contribution in [0.3, 0.4) is 0 Å². The normalized spacial score (nSPS) is 11.3. The minimum atomic E-state index is -0.919. The largest absolute Gasteiger partial charge is 0.481 e. The molecule has 0 amide bonds. The van der Waals surface area contributed by atoms with E-state index in [9.17, 15) is 9.59 Å². The number of aryl methyl sites for hydroxylation is 1. The summed E-state index contributed by atoms with van der Waals surface area (Å²) in [5.74, 6) is -0.727. The van der Waals surface area contributed by atoms with Gasteiger partial charge in [-0.3, -0.25) is 9.59 Å². The van der Waals surface area contributed by atoms with E-state index in [1.807, 2.05) is 6.92 Å². The van der Waals surface area contributed by atoms with Crippen molar-refractivity contribution in [3.05, 3.63) is 22.7 Å². The fourth-order valence-corrected chi connectivity index (χ4v) is 1.69. The molecule has 0 fully saturated rings. The number of aromatic nitrogens is 2. The highest BCUT2D eigenvalue weighted by molar-refractivity contribution is 5.69. The van der Waals surface area contributed by atoms with Crippen molar-refractivity contribution in [1.82, 2.24) is 9.55 Å². The van der Waals surface area contributed by atoms with Gasteiger partial charge in [0.05, 0.1) is 6.42 Å². The van der Waals surface area contributed by atoms with Gasteiger partial charge in [-0.15, -0.1) is 0 Å². The molecule has 100 valence electrons. The molecule has 1 rings (SSSR count). The third-order valence-electron chi connectivity index (χ3n) is 2.43. The second-order valence-electron chi connectivity index (χ2n) is 4.85. The quantitative estimate of drug-likeness (QED) is 0.798. The molecule has 2 N–H and O–H groups in total. The molecule has 0 aliphatic rings. The van der Waals surface area contributed by atoms with Crippen LogP contribution in [0, 0.1) is 0 Å². The van der Waals surface area contributed by atoms with Crippen molar-refractivity contribution in [3.8, 4) is 0 Å². The molecule has 1 aromatic rings. The number of carbonyl (C=O) groups is 1. The SMILES string of the molecule is CCCn1ccnc(NC(C)(C)CC(=O)O)c1=O. The summed E-state index contributed by atoms with van der Waals surface area (Å²) in [4.78, 5) is 26.7. The standard InChI is InChI=1S/C12H19N3O3/c1-4-6-15-7-5-13-10(11(15)18)14-12(2,3)8-9(16)17/h5,7H,4,6,8H2,1-3H3,(H,13,14)(H,16,17). The fourth-order valence-electron chi connectivity index (χ4n) is 1.69. The number of hydrogen-bond donors (Lipinski definition) is 2. The molecule has 1 aromatic heterocycles. The van der Waals surface area contributed by atoms with E-state index in [4.69, 9.17) is 5.11 Å². The zero-order valence-corrected chi connectivity index (χ0v) is 10.9. The minimum Gasteiger partial charge on any atom is -0.481 e. The minimum absolute atomic E-state index is 0.0865. The fraction of sp³-hybridized carbons (Fsp3) is 0.583. The second kappa shape index (κ2) is 5.66. The van der Waals surface area contributed by atoms with Crippen LogP contribution in [0.25, 0.3) is 0 Å². The van der Waals surface area contributed by atoms with Gasteiger partial charge in [0.2, 0.25) is 0 Å². The summed E-state index contributed by atoms with van der Waals surface area (Å²) in [5, 5.41) is 11.7. The lowest BCUT2D eigenvalue weighted by Crippen LogP contribution is -2.37. The van der Waals surface area contributed by atoms with Gasteiger partial charge in [0.15, 0.2) is 5.82 Å². The van der Waals surface area contributed by atoms with Gasteiger partial charge in [-0.25, -0.2) is 4.98 Å². The van der Waals surface area contributed by atoms with Gasteiger partial charge in [0, 0.05) is 24.5 Å². The first-order valence-corrected chi connectivity index (χ1v) is 5.91. The first kappa shape index (κ1) is 14.2. The number of rotatable bonds is 6. The molecule has 0 aliphatic heterocycles. The Morgan fingerprint density at radius 1 is 1.56 bits per heavy atom. The molecule has 0 saturated heterocycles.